The van der Waals surface area contributed by atoms with Crippen LogP contribution in [0.3, 0.4) is 0 Å². The number of ether oxygens (including phenoxy) is 2. The molecule has 0 saturated carbocycles. The molecule has 1 saturated heterocycles. The molecule has 1 heterocycles. The minimum Gasteiger partial charge on any atom is -0.493 e. The van der Waals surface area contributed by atoms with Gasteiger partial charge in [0.1, 0.15) is 5.25 Å². The lowest BCUT2D eigenvalue weighted by molar-refractivity contribution is -0.129. The fourth-order valence-electron chi connectivity index (χ4n) is 4.13. The molecule has 0 aliphatic carbocycles. The van der Waals surface area contributed by atoms with E-state index in [1.807, 2.05) is 50.2 Å². The molecule has 1 aliphatic heterocycles. The van der Waals surface area contributed by atoms with E-state index in [0.717, 1.165) is 22.4 Å². The van der Waals surface area contributed by atoms with Crippen LogP contribution >= 0.6 is 23.4 Å². The number of carbonyl (C=O) groups is 2. The largest absolute Gasteiger partial charge is 0.493 e. The minimum absolute atomic E-state index is 0.0764. The fraction of sp³-hybridized carbons (Fsp3) is 0.276. The van der Waals surface area contributed by atoms with Crippen LogP contribution in [0.5, 0.6) is 11.5 Å². The number of methoxy groups -OCH3 is 2. The number of thioether (sulfide) groups is 1. The molecule has 9 heteroatoms. The van der Waals surface area contributed by atoms with Gasteiger partial charge in [-0.3, -0.25) is 14.5 Å². The van der Waals surface area contributed by atoms with Gasteiger partial charge < -0.3 is 14.8 Å². The van der Waals surface area contributed by atoms with Gasteiger partial charge in [0.25, 0.3) is 0 Å². The zero-order chi connectivity index (χ0) is 27.2. The number of aryl methyl sites for hydroxylation is 2. The first-order valence-electron chi connectivity index (χ1n) is 12.2. The van der Waals surface area contributed by atoms with Crippen LogP contribution in [0.4, 0.5) is 11.4 Å². The number of hydrogen-bond donors (Lipinski definition) is 1. The third kappa shape index (κ3) is 6.68. The van der Waals surface area contributed by atoms with Gasteiger partial charge >= 0.3 is 0 Å². The Hall–Kier alpha value is -3.49. The highest BCUT2D eigenvalue weighted by molar-refractivity contribution is 8.15. The topological polar surface area (TPSA) is 80.2 Å². The molecule has 3 aromatic rings. The van der Waals surface area contributed by atoms with Crippen LogP contribution in [0.1, 0.15) is 23.1 Å². The molecule has 0 radical (unpaired) electrons. The number of hydrogen-bond acceptors (Lipinski definition) is 6. The normalized spacial score (nSPS) is 16.4. The van der Waals surface area contributed by atoms with Gasteiger partial charge in [-0.1, -0.05) is 47.1 Å². The number of anilines is 1. The highest BCUT2D eigenvalue weighted by atomic mass is 35.5. The van der Waals surface area contributed by atoms with Crippen molar-refractivity contribution in [3.05, 3.63) is 82.4 Å². The Morgan fingerprint density at radius 1 is 1.05 bits per heavy atom. The Morgan fingerprint density at radius 3 is 2.47 bits per heavy atom. The van der Waals surface area contributed by atoms with Crippen LogP contribution in [0.15, 0.2) is 65.7 Å². The molecule has 4 rings (SSSR count). The van der Waals surface area contributed by atoms with Crippen molar-refractivity contribution in [2.24, 2.45) is 4.99 Å². The van der Waals surface area contributed by atoms with Crippen LogP contribution in [0.25, 0.3) is 0 Å². The molecule has 1 aliphatic rings. The summed E-state index contributed by atoms with van der Waals surface area (Å²) in [5.41, 5.74) is 4.46. The van der Waals surface area contributed by atoms with Crippen molar-refractivity contribution in [2.75, 3.05) is 26.1 Å². The maximum atomic E-state index is 13.4. The van der Waals surface area contributed by atoms with Gasteiger partial charge in [-0.2, -0.15) is 0 Å². The van der Waals surface area contributed by atoms with Gasteiger partial charge in [-0.15, -0.1) is 0 Å². The highest BCUT2D eigenvalue weighted by Crippen LogP contribution is 2.32. The Bertz CT molecular complexity index is 1360. The summed E-state index contributed by atoms with van der Waals surface area (Å²) >= 11 is 7.34. The van der Waals surface area contributed by atoms with E-state index in [1.54, 1.807) is 43.4 Å². The molecule has 198 valence electrons. The van der Waals surface area contributed by atoms with Gasteiger partial charge in [-0.05, 0) is 73.9 Å². The number of rotatable bonds is 8. The second-order valence-electron chi connectivity index (χ2n) is 8.97. The molecular weight excluding hydrogens is 522 g/mol. The molecule has 7 nitrogen and oxygen atoms in total. The number of carbonyl (C=O) groups excluding carboxylic acids is 2. The molecule has 38 heavy (non-hydrogen) atoms. The van der Waals surface area contributed by atoms with Crippen molar-refractivity contribution in [1.82, 2.24) is 4.90 Å². The predicted octanol–water partition coefficient (Wildman–Crippen LogP) is 6.18. The molecule has 0 bridgehead atoms. The first-order valence-corrected chi connectivity index (χ1v) is 13.4. The molecule has 0 unspecified atom stereocenters. The van der Waals surface area contributed by atoms with E-state index in [2.05, 4.69) is 5.32 Å². The van der Waals surface area contributed by atoms with Gasteiger partial charge in [-0.25, -0.2) is 4.99 Å². The summed E-state index contributed by atoms with van der Waals surface area (Å²) in [4.78, 5) is 33.0. The maximum Gasteiger partial charge on any atom is 0.238 e. The van der Waals surface area contributed by atoms with Crippen molar-refractivity contribution in [3.63, 3.8) is 0 Å². The second-order valence-corrected chi connectivity index (χ2v) is 10.6. The van der Waals surface area contributed by atoms with Crippen LogP contribution in [0, 0.1) is 13.8 Å². The number of amides is 2. The molecular formula is C29H30ClN3O4S. The molecule has 2 amide bonds. The van der Waals surface area contributed by atoms with Crippen LogP contribution in [0.2, 0.25) is 5.02 Å². The monoisotopic (exact) mass is 551 g/mol. The predicted molar refractivity (Wildman–Crippen MR) is 154 cm³/mol. The summed E-state index contributed by atoms with van der Waals surface area (Å²) in [6, 6.07) is 18.6. The molecule has 3 aromatic carbocycles. The standard InChI is InChI=1S/C29H30ClN3O4S/c1-18-5-11-23(19(2)15-18)32-28(35)26-17-27(34)33(29(38-26)31-22-9-7-21(30)8-10-22)14-13-20-6-12-24(36-3)25(16-20)37-4/h5-12,15-16,26H,13-14,17H2,1-4H3,(H,32,35)/t26-/m0/s1. The molecule has 0 spiro atoms. The highest BCUT2D eigenvalue weighted by Gasteiger charge is 2.36. The van der Waals surface area contributed by atoms with Crippen molar-refractivity contribution in [2.45, 2.75) is 31.9 Å². The number of nitrogens with zero attached hydrogens (tertiary/aromatic N) is 2. The number of benzene rings is 3. The van der Waals surface area contributed by atoms with E-state index in [-0.39, 0.29) is 18.2 Å². The van der Waals surface area contributed by atoms with Crippen molar-refractivity contribution in [1.29, 1.82) is 0 Å². The number of amidine groups is 1. The van der Waals surface area contributed by atoms with Crippen molar-refractivity contribution in [3.8, 4) is 11.5 Å². The van der Waals surface area contributed by atoms with Gasteiger partial charge in [0.2, 0.25) is 11.8 Å². The first-order chi connectivity index (χ1) is 18.3. The van der Waals surface area contributed by atoms with Gasteiger partial charge in [0, 0.05) is 23.7 Å². The summed E-state index contributed by atoms with van der Waals surface area (Å²) in [6.45, 7) is 4.36. The minimum atomic E-state index is -0.605. The van der Waals surface area contributed by atoms with Crippen molar-refractivity contribution >= 4 is 51.7 Å². The zero-order valence-corrected chi connectivity index (χ0v) is 23.4. The van der Waals surface area contributed by atoms with E-state index < -0.39 is 5.25 Å². The SMILES string of the molecule is COc1ccc(CCN2C(=O)C[C@@H](C(=O)Nc3ccc(C)cc3C)SC2=Nc2ccc(Cl)cc2)cc1OC. The Kier molecular flexibility index (Phi) is 8.97. The Labute approximate surface area is 232 Å². The van der Waals surface area contributed by atoms with E-state index in [9.17, 15) is 9.59 Å². The maximum absolute atomic E-state index is 13.4. The number of aliphatic imine (C=N–C) groups is 1. The van der Waals surface area contributed by atoms with Gasteiger partial charge in [0.15, 0.2) is 16.7 Å². The van der Waals surface area contributed by atoms with E-state index >= 15 is 0 Å². The van der Waals surface area contributed by atoms with Crippen LogP contribution in [-0.2, 0) is 16.0 Å². The quantitative estimate of drug-likeness (QED) is 0.362. The molecule has 1 atom stereocenters. The molecule has 0 aromatic heterocycles. The van der Waals surface area contributed by atoms with E-state index in [0.29, 0.717) is 40.3 Å². The second kappa shape index (κ2) is 12.4. The zero-order valence-electron chi connectivity index (χ0n) is 21.8. The van der Waals surface area contributed by atoms with E-state index in [1.165, 1.54) is 11.8 Å². The third-order valence-corrected chi connectivity index (χ3v) is 7.63. The number of halogens is 1. The summed E-state index contributed by atoms with van der Waals surface area (Å²) in [5, 5.41) is 3.45. The van der Waals surface area contributed by atoms with Crippen molar-refractivity contribution < 1.29 is 19.1 Å². The van der Waals surface area contributed by atoms with Crippen LogP contribution < -0.4 is 14.8 Å². The smallest absolute Gasteiger partial charge is 0.238 e. The lowest BCUT2D eigenvalue weighted by atomic mass is 10.1. The Morgan fingerprint density at radius 2 is 1.79 bits per heavy atom. The summed E-state index contributed by atoms with van der Waals surface area (Å²) in [7, 11) is 3.18. The van der Waals surface area contributed by atoms with Gasteiger partial charge in [0.05, 0.1) is 19.9 Å². The summed E-state index contributed by atoms with van der Waals surface area (Å²) < 4.78 is 10.7. The summed E-state index contributed by atoms with van der Waals surface area (Å²) in [5.74, 6) is 0.891. The first kappa shape index (κ1) is 27.5. The Balaban J connectivity index is 1.56. The van der Waals surface area contributed by atoms with E-state index in [4.69, 9.17) is 26.1 Å². The van der Waals surface area contributed by atoms with Crippen LogP contribution in [-0.4, -0.2) is 47.9 Å². The lowest BCUT2D eigenvalue weighted by Crippen LogP contribution is -2.46. The average Bonchev–Trinajstić information content (AvgIpc) is 2.90. The number of nitrogens with one attached hydrogen (secondary N) is 1. The lowest BCUT2D eigenvalue weighted by Gasteiger charge is -2.32. The molecule has 1 fully saturated rings. The fourth-order valence-corrected chi connectivity index (χ4v) is 5.38. The molecule has 1 N–H and O–H groups in total. The average molecular weight is 552 g/mol. The third-order valence-electron chi connectivity index (χ3n) is 6.20. The summed E-state index contributed by atoms with van der Waals surface area (Å²) in [6.07, 6.45) is 0.651.